The molecular formula is C22H16F4N4O2S. The first kappa shape index (κ1) is 22.7. The summed E-state index contributed by atoms with van der Waals surface area (Å²) in [5, 5.41) is 0.273. The van der Waals surface area contributed by atoms with Crippen molar-refractivity contribution in [1.82, 2.24) is 19.1 Å². The number of alkyl halides is 3. The Kier molecular flexibility index (Phi) is 5.83. The second kappa shape index (κ2) is 8.47. The summed E-state index contributed by atoms with van der Waals surface area (Å²) in [5.41, 5.74) is -1.09. The smallest absolute Gasteiger partial charge is 0.280 e. The van der Waals surface area contributed by atoms with Crippen molar-refractivity contribution >= 4 is 22.8 Å². The van der Waals surface area contributed by atoms with Crippen molar-refractivity contribution in [3.63, 3.8) is 0 Å². The Balaban J connectivity index is 1.86. The van der Waals surface area contributed by atoms with Gasteiger partial charge in [0.15, 0.2) is 11.5 Å². The minimum Gasteiger partial charge on any atom is -0.280 e. The van der Waals surface area contributed by atoms with Gasteiger partial charge in [0.1, 0.15) is 16.2 Å². The molecule has 0 fully saturated rings. The predicted octanol–water partition coefficient (Wildman–Crippen LogP) is 4.14. The molecule has 0 atom stereocenters. The average molecular weight is 476 g/mol. The van der Waals surface area contributed by atoms with Gasteiger partial charge in [0, 0.05) is 25.4 Å². The molecule has 0 aliphatic heterocycles. The van der Waals surface area contributed by atoms with Gasteiger partial charge in [-0.3, -0.25) is 13.9 Å². The molecule has 0 bridgehead atoms. The van der Waals surface area contributed by atoms with E-state index in [1.165, 1.54) is 49.0 Å². The summed E-state index contributed by atoms with van der Waals surface area (Å²) in [6, 6.07) is 10.2. The number of thioether (sulfide) groups is 1. The van der Waals surface area contributed by atoms with Crippen LogP contribution < -0.4 is 11.2 Å². The van der Waals surface area contributed by atoms with Crippen LogP contribution in [0, 0.1) is 5.82 Å². The number of aryl methyl sites for hydroxylation is 1. The fraction of sp³-hybridized carbons (Fsp3) is 0.182. The SMILES string of the molecule is Cn1c(=O)c2c(SCc3cccc(C(F)(F)F)c3)nc(-c3ccc(F)cc3)nc2n(C)c1=O. The van der Waals surface area contributed by atoms with Crippen molar-refractivity contribution in [2.75, 3.05) is 0 Å². The van der Waals surface area contributed by atoms with E-state index in [2.05, 4.69) is 9.97 Å². The number of aromatic nitrogens is 4. The third-order valence-electron chi connectivity index (χ3n) is 5.00. The van der Waals surface area contributed by atoms with Gasteiger partial charge < -0.3 is 0 Å². The van der Waals surface area contributed by atoms with Crippen LogP contribution in [0.3, 0.4) is 0 Å². The van der Waals surface area contributed by atoms with Crippen LogP contribution in [0.5, 0.6) is 0 Å². The van der Waals surface area contributed by atoms with E-state index in [1.54, 1.807) is 6.07 Å². The largest absolute Gasteiger partial charge is 0.416 e. The van der Waals surface area contributed by atoms with E-state index in [9.17, 15) is 27.2 Å². The molecule has 11 heteroatoms. The molecule has 0 aliphatic rings. The highest BCUT2D eigenvalue weighted by atomic mass is 32.2. The van der Waals surface area contributed by atoms with Gasteiger partial charge in [-0.1, -0.05) is 18.2 Å². The van der Waals surface area contributed by atoms with Gasteiger partial charge in [0.25, 0.3) is 5.56 Å². The van der Waals surface area contributed by atoms with Gasteiger partial charge in [-0.15, -0.1) is 11.8 Å². The lowest BCUT2D eigenvalue weighted by molar-refractivity contribution is -0.137. The molecule has 0 saturated carbocycles. The monoisotopic (exact) mass is 476 g/mol. The third kappa shape index (κ3) is 4.40. The number of nitrogens with zero attached hydrogens (tertiary/aromatic N) is 4. The minimum absolute atomic E-state index is 0.0717. The third-order valence-corrected chi connectivity index (χ3v) is 6.05. The predicted molar refractivity (Wildman–Crippen MR) is 116 cm³/mol. The van der Waals surface area contributed by atoms with Crippen LogP contribution in [-0.2, 0) is 26.0 Å². The highest BCUT2D eigenvalue weighted by molar-refractivity contribution is 7.98. The molecule has 0 spiro atoms. The zero-order valence-corrected chi connectivity index (χ0v) is 18.2. The molecule has 0 amide bonds. The summed E-state index contributed by atoms with van der Waals surface area (Å²) in [5.74, 6) is -0.220. The summed E-state index contributed by atoms with van der Waals surface area (Å²) >= 11 is 1.05. The van der Waals surface area contributed by atoms with Gasteiger partial charge in [-0.2, -0.15) is 13.2 Å². The number of fused-ring (bicyclic) bond motifs is 1. The van der Waals surface area contributed by atoms with E-state index in [4.69, 9.17) is 0 Å². The van der Waals surface area contributed by atoms with Crippen molar-refractivity contribution in [2.45, 2.75) is 17.0 Å². The fourth-order valence-corrected chi connectivity index (χ4v) is 4.21. The topological polar surface area (TPSA) is 69.8 Å². The van der Waals surface area contributed by atoms with Crippen molar-refractivity contribution in [3.05, 3.63) is 86.3 Å². The van der Waals surface area contributed by atoms with E-state index in [0.29, 0.717) is 11.1 Å². The van der Waals surface area contributed by atoms with Gasteiger partial charge in [-0.25, -0.2) is 19.2 Å². The van der Waals surface area contributed by atoms with Crippen LogP contribution in [0.25, 0.3) is 22.4 Å². The second-order valence-corrected chi connectivity index (χ2v) is 8.21. The van der Waals surface area contributed by atoms with Crippen LogP contribution in [0.15, 0.2) is 63.1 Å². The van der Waals surface area contributed by atoms with Crippen molar-refractivity contribution < 1.29 is 17.6 Å². The molecule has 2 aromatic heterocycles. The number of hydrogen-bond acceptors (Lipinski definition) is 5. The zero-order chi connectivity index (χ0) is 23.9. The molecular weight excluding hydrogens is 460 g/mol. The molecule has 6 nitrogen and oxygen atoms in total. The van der Waals surface area contributed by atoms with Crippen LogP contribution in [0.4, 0.5) is 17.6 Å². The number of halogens is 4. The van der Waals surface area contributed by atoms with Gasteiger partial charge in [0.05, 0.1) is 5.56 Å². The zero-order valence-electron chi connectivity index (χ0n) is 17.4. The van der Waals surface area contributed by atoms with Crippen LogP contribution in [0.2, 0.25) is 0 Å². The van der Waals surface area contributed by atoms with E-state index < -0.39 is 28.8 Å². The Labute approximate surface area is 188 Å². The molecule has 0 aliphatic carbocycles. The number of benzene rings is 2. The minimum atomic E-state index is -4.48. The first-order valence-electron chi connectivity index (χ1n) is 9.59. The van der Waals surface area contributed by atoms with Crippen LogP contribution in [-0.4, -0.2) is 19.1 Å². The molecule has 33 heavy (non-hydrogen) atoms. The van der Waals surface area contributed by atoms with E-state index >= 15 is 0 Å². The molecule has 0 N–H and O–H groups in total. The van der Waals surface area contributed by atoms with E-state index in [1.807, 2.05) is 0 Å². The summed E-state index contributed by atoms with van der Waals surface area (Å²) < 4.78 is 54.6. The molecule has 0 radical (unpaired) electrons. The lowest BCUT2D eigenvalue weighted by Crippen LogP contribution is -2.37. The van der Waals surface area contributed by atoms with Crippen LogP contribution in [0.1, 0.15) is 11.1 Å². The molecule has 0 unspecified atom stereocenters. The lowest BCUT2D eigenvalue weighted by Gasteiger charge is -2.12. The average Bonchev–Trinajstić information content (AvgIpc) is 2.79. The maximum atomic E-state index is 13.4. The Hall–Kier alpha value is -3.47. The molecule has 0 saturated heterocycles. The number of hydrogen-bond donors (Lipinski definition) is 0. The standard InChI is InChI=1S/C22H16F4N4O2S/c1-29-18-16(20(31)30(2)21(29)32)19(28-17(27-18)13-6-8-15(23)9-7-13)33-11-12-4-3-5-14(10-12)22(24,25)26/h3-10H,11H2,1-2H3. The second-order valence-electron chi connectivity index (χ2n) is 7.25. The molecule has 2 aromatic carbocycles. The summed E-state index contributed by atoms with van der Waals surface area (Å²) in [6.45, 7) is 0. The van der Waals surface area contributed by atoms with Gasteiger partial charge >= 0.3 is 11.9 Å². The lowest BCUT2D eigenvalue weighted by atomic mass is 10.1. The van der Waals surface area contributed by atoms with Crippen molar-refractivity contribution in [1.29, 1.82) is 0 Å². The molecule has 170 valence electrons. The Morgan fingerprint density at radius 2 is 1.67 bits per heavy atom. The summed E-state index contributed by atoms with van der Waals surface area (Å²) in [4.78, 5) is 34.1. The maximum absolute atomic E-state index is 13.4. The Bertz CT molecular complexity index is 1480. The Morgan fingerprint density at radius 3 is 2.33 bits per heavy atom. The van der Waals surface area contributed by atoms with Gasteiger partial charge in [0.2, 0.25) is 0 Å². The van der Waals surface area contributed by atoms with Crippen molar-refractivity contribution in [2.24, 2.45) is 14.1 Å². The molecule has 4 rings (SSSR count). The highest BCUT2D eigenvalue weighted by Crippen LogP contribution is 2.32. The van der Waals surface area contributed by atoms with Crippen LogP contribution >= 0.6 is 11.8 Å². The summed E-state index contributed by atoms with van der Waals surface area (Å²) in [7, 11) is 2.77. The fourth-order valence-electron chi connectivity index (χ4n) is 3.25. The molecule has 2 heterocycles. The van der Waals surface area contributed by atoms with Crippen molar-refractivity contribution in [3.8, 4) is 11.4 Å². The molecule has 4 aromatic rings. The maximum Gasteiger partial charge on any atom is 0.416 e. The normalized spacial score (nSPS) is 11.8. The summed E-state index contributed by atoms with van der Waals surface area (Å²) in [6.07, 6.45) is -4.48. The van der Waals surface area contributed by atoms with E-state index in [-0.39, 0.29) is 27.6 Å². The number of rotatable bonds is 4. The van der Waals surface area contributed by atoms with Gasteiger partial charge in [-0.05, 0) is 35.9 Å². The van der Waals surface area contributed by atoms with E-state index in [0.717, 1.165) is 28.5 Å². The highest BCUT2D eigenvalue weighted by Gasteiger charge is 2.30. The first-order valence-corrected chi connectivity index (χ1v) is 10.6. The first-order chi connectivity index (χ1) is 15.6. The quantitative estimate of drug-likeness (QED) is 0.252. The Morgan fingerprint density at radius 1 is 0.970 bits per heavy atom.